The van der Waals surface area contributed by atoms with Crippen LogP contribution in [0.25, 0.3) is 0 Å². The summed E-state index contributed by atoms with van der Waals surface area (Å²) in [6, 6.07) is 14.9. The normalized spacial score (nSPS) is 9.73. The number of carbonyl (C=O) groups excluding carboxylic acids is 2. The Morgan fingerprint density at radius 2 is 1.69 bits per heavy atom. The number of nitrogens with two attached hydrogens (primary N) is 1. The van der Waals surface area contributed by atoms with Crippen LogP contribution in [0, 0.1) is 0 Å². The molecule has 0 aliphatic heterocycles. The average molecular weight is 378 g/mol. The molecule has 0 saturated carbocycles. The van der Waals surface area contributed by atoms with E-state index in [0.717, 1.165) is 16.9 Å². The summed E-state index contributed by atoms with van der Waals surface area (Å²) in [5.74, 6) is 0.354. The van der Waals surface area contributed by atoms with Crippen LogP contribution < -0.4 is 21.1 Å². The number of para-hydroxylation sites is 1. The smallest absolute Gasteiger partial charge is 0.239 e. The lowest BCUT2D eigenvalue weighted by atomic mass is 10.1. The van der Waals surface area contributed by atoms with Gasteiger partial charge in [0.1, 0.15) is 5.75 Å². The van der Waals surface area contributed by atoms with Crippen molar-refractivity contribution in [2.24, 2.45) is 0 Å². The van der Waals surface area contributed by atoms with Gasteiger partial charge >= 0.3 is 0 Å². The first-order valence-electron chi connectivity index (χ1n) is 8.08. The molecule has 0 fully saturated rings. The van der Waals surface area contributed by atoms with Crippen molar-refractivity contribution in [3.8, 4) is 5.75 Å². The van der Waals surface area contributed by atoms with Gasteiger partial charge in [-0.3, -0.25) is 9.59 Å². The van der Waals surface area contributed by atoms with E-state index < -0.39 is 0 Å². The third-order valence-electron chi connectivity index (χ3n) is 3.77. The maximum absolute atomic E-state index is 11.8. The van der Waals surface area contributed by atoms with Crippen LogP contribution in [0.1, 0.15) is 17.5 Å². The van der Waals surface area contributed by atoms with E-state index in [9.17, 15) is 9.59 Å². The standard InChI is InChI=1S/C19H23N3O3.ClH/c1-25-16-9-6-14(7-10-16)12-21-19(24)13-22-18(23)11-8-15-4-2-3-5-17(15)20;/h2-7,9-10H,8,11-13,20H2,1H3,(H,21,24)(H,22,23);1H. The molecule has 2 amide bonds. The lowest BCUT2D eigenvalue weighted by molar-refractivity contribution is -0.126. The number of carbonyl (C=O) groups is 2. The van der Waals surface area contributed by atoms with Gasteiger partial charge in [0.15, 0.2) is 0 Å². The molecule has 7 heteroatoms. The molecule has 0 aromatic heterocycles. The van der Waals surface area contributed by atoms with E-state index in [4.69, 9.17) is 10.5 Å². The average Bonchev–Trinajstić information content (AvgIpc) is 2.64. The molecule has 0 heterocycles. The number of methoxy groups -OCH3 is 1. The largest absolute Gasteiger partial charge is 0.497 e. The molecule has 0 aliphatic carbocycles. The zero-order valence-electron chi connectivity index (χ0n) is 14.7. The SMILES string of the molecule is COc1ccc(CNC(=O)CNC(=O)CCc2ccccc2N)cc1.Cl. The summed E-state index contributed by atoms with van der Waals surface area (Å²) in [6.45, 7) is 0.360. The van der Waals surface area contributed by atoms with Crippen LogP contribution in [0.2, 0.25) is 0 Å². The van der Waals surface area contributed by atoms with Gasteiger partial charge in [0.05, 0.1) is 13.7 Å². The van der Waals surface area contributed by atoms with Crippen LogP contribution in [0.15, 0.2) is 48.5 Å². The van der Waals surface area contributed by atoms with Crippen LogP contribution >= 0.6 is 12.4 Å². The highest BCUT2D eigenvalue weighted by Crippen LogP contribution is 2.12. The van der Waals surface area contributed by atoms with Crippen molar-refractivity contribution in [1.82, 2.24) is 10.6 Å². The molecule has 6 nitrogen and oxygen atoms in total. The summed E-state index contributed by atoms with van der Waals surface area (Å²) in [5.41, 5.74) is 8.40. The molecular weight excluding hydrogens is 354 g/mol. The van der Waals surface area contributed by atoms with E-state index in [1.54, 1.807) is 13.2 Å². The highest BCUT2D eigenvalue weighted by atomic mass is 35.5. The van der Waals surface area contributed by atoms with E-state index in [0.29, 0.717) is 25.1 Å². The van der Waals surface area contributed by atoms with Crippen LogP contribution in [0.3, 0.4) is 0 Å². The number of nitrogen functional groups attached to an aromatic ring is 1. The first-order chi connectivity index (χ1) is 12.1. The van der Waals surface area contributed by atoms with Crippen LogP contribution in [-0.2, 0) is 22.6 Å². The van der Waals surface area contributed by atoms with Crippen molar-refractivity contribution in [3.63, 3.8) is 0 Å². The molecule has 2 rings (SSSR count). The van der Waals surface area contributed by atoms with Crippen LogP contribution in [0.5, 0.6) is 5.75 Å². The summed E-state index contributed by atoms with van der Waals surface area (Å²) in [7, 11) is 1.60. The highest BCUT2D eigenvalue weighted by Gasteiger charge is 2.07. The minimum absolute atomic E-state index is 0. The number of hydrogen-bond donors (Lipinski definition) is 3. The Balaban J connectivity index is 0.00000338. The Kier molecular flexibility index (Phi) is 9.01. The van der Waals surface area contributed by atoms with Crippen LogP contribution in [0.4, 0.5) is 5.69 Å². The minimum Gasteiger partial charge on any atom is -0.497 e. The molecule has 0 spiro atoms. The summed E-state index contributed by atoms with van der Waals surface area (Å²) in [5, 5.41) is 5.38. The first kappa shape index (κ1) is 21.3. The first-order valence-corrected chi connectivity index (χ1v) is 8.08. The van der Waals surface area contributed by atoms with Crippen molar-refractivity contribution in [2.45, 2.75) is 19.4 Å². The lowest BCUT2D eigenvalue weighted by Crippen LogP contribution is -2.36. The molecule has 0 bridgehead atoms. The van der Waals surface area contributed by atoms with Gasteiger partial charge in [0.25, 0.3) is 0 Å². The Labute approximate surface area is 159 Å². The zero-order chi connectivity index (χ0) is 18.1. The Morgan fingerprint density at radius 3 is 2.35 bits per heavy atom. The van der Waals surface area contributed by atoms with Gasteiger partial charge in [-0.15, -0.1) is 12.4 Å². The molecule has 0 saturated heterocycles. The Morgan fingerprint density at radius 1 is 1.00 bits per heavy atom. The van der Waals surface area contributed by atoms with Crippen molar-refractivity contribution in [3.05, 3.63) is 59.7 Å². The summed E-state index contributed by atoms with van der Waals surface area (Å²) >= 11 is 0. The number of benzene rings is 2. The maximum Gasteiger partial charge on any atom is 0.239 e. The Bertz CT molecular complexity index is 720. The maximum atomic E-state index is 11.8. The van der Waals surface area contributed by atoms with Gasteiger partial charge in [-0.25, -0.2) is 0 Å². The summed E-state index contributed by atoms with van der Waals surface area (Å²) in [4.78, 5) is 23.6. The minimum atomic E-state index is -0.233. The molecular formula is C19H24ClN3O3. The molecule has 140 valence electrons. The predicted molar refractivity (Wildman–Crippen MR) is 104 cm³/mol. The molecule has 0 unspecified atom stereocenters. The van der Waals surface area contributed by atoms with Gasteiger partial charge in [0, 0.05) is 18.7 Å². The molecule has 0 radical (unpaired) electrons. The number of nitrogens with one attached hydrogen (secondary N) is 2. The van der Waals surface area contributed by atoms with E-state index in [1.165, 1.54) is 0 Å². The second kappa shape index (κ2) is 11.0. The van der Waals surface area contributed by atoms with Gasteiger partial charge in [-0.2, -0.15) is 0 Å². The molecule has 2 aromatic rings. The zero-order valence-corrected chi connectivity index (χ0v) is 15.5. The van der Waals surface area contributed by atoms with Gasteiger partial charge in [-0.1, -0.05) is 30.3 Å². The number of ether oxygens (including phenoxy) is 1. The third kappa shape index (κ3) is 7.03. The molecule has 26 heavy (non-hydrogen) atoms. The topological polar surface area (TPSA) is 93.5 Å². The lowest BCUT2D eigenvalue weighted by Gasteiger charge is -2.08. The second-order valence-corrected chi connectivity index (χ2v) is 5.60. The van der Waals surface area contributed by atoms with Crippen molar-refractivity contribution < 1.29 is 14.3 Å². The molecule has 2 aromatic carbocycles. The van der Waals surface area contributed by atoms with Gasteiger partial charge in [0.2, 0.25) is 11.8 Å². The summed E-state index contributed by atoms with van der Waals surface area (Å²) in [6.07, 6.45) is 0.839. The monoisotopic (exact) mass is 377 g/mol. The fourth-order valence-corrected chi connectivity index (χ4v) is 2.28. The van der Waals surface area contributed by atoms with E-state index >= 15 is 0 Å². The predicted octanol–water partition coefficient (Wildman–Crippen LogP) is 2.06. The fourth-order valence-electron chi connectivity index (χ4n) is 2.28. The number of anilines is 1. The number of hydrogen-bond acceptors (Lipinski definition) is 4. The molecule has 4 N–H and O–H groups in total. The summed E-state index contributed by atoms with van der Waals surface area (Å²) < 4.78 is 5.08. The second-order valence-electron chi connectivity index (χ2n) is 5.60. The van der Waals surface area contributed by atoms with Crippen molar-refractivity contribution >= 4 is 29.9 Å². The Hall–Kier alpha value is -2.73. The number of rotatable bonds is 8. The highest BCUT2D eigenvalue weighted by molar-refractivity contribution is 5.85. The number of amides is 2. The van der Waals surface area contributed by atoms with Gasteiger partial charge in [-0.05, 0) is 35.7 Å². The number of aryl methyl sites for hydroxylation is 1. The number of halogens is 1. The molecule has 0 atom stereocenters. The fraction of sp³-hybridized carbons (Fsp3) is 0.263. The van der Waals surface area contributed by atoms with Gasteiger partial charge < -0.3 is 21.1 Å². The molecule has 0 aliphatic rings. The van der Waals surface area contributed by atoms with Crippen molar-refractivity contribution in [1.29, 1.82) is 0 Å². The van der Waals surface area contributed by atoms with E-state index in [2.05, 4.69) is 10.6 Å². The quantitative estimate of drug-likeness (QED) is 0.614. The van der Waals surface area contributed by atoms with Crippen molar-refractivity contribution in [2.75, 3.05) is 19.4 Å². The van der Waals surface area contributed by atoms with E-state index in [1.807, 2.05) is 42.5 Å². The van der Waals surface area contributed by atoms with Crippen LogP contribution in [-0.4, -0.2) is 25.5 Å². The van der Waals surface area contributed by atoms with E-state index in [-0.39, 0.29) is 30.8 Å². The third-order valence-corrected chi connectivity index (χ3v) is 3.77.